The van der Waals surface area contributed by atoms with Crippen LogP contribution in [0.2, 0.25) is 0 Å². The van der Waals surface area contributed by atoms with Crippen LogP contribution in [-0.4, -0.2) is 19.6 Å². The standard InChI is InChI=1S/C13H20N2O2/c1-3-4-5-9-15-11-8-6-7-10(12(11)14)13(16)17-2/h6-8,15H,3-5,9,14H2,1-2H3. The highest BCUT2D eigenvalue weighted by Gasteiger charge is 2.11. The van der Waals surface area contributed by atoms with Gasteiger partial charge in [-0.25, -0.2) is 4.79 Å². The van der Waals surface area contributed by atoms with Crippen LogP contribution in [0, 0.1) is 0 Å². The summed E-state index contributed by atoms with van der Waals surface area (Å²) in [5.41, 5.74) is 7.57. The minimum Gasteiger partial charge on any atom is -0.465 e. The van der Waals surface area contributed by atoms with Gasteiger partial charge in [0.05, 0.1) is 24.0 Å². The molecule has 94 valence electrons. The van der Waals surface area contributed by atoms with Crippen molar-refractivity contribution in [3.63, 3.8) is 0 Å². The summed E-state index contributed by atoms with van der Waals surface area (Å²) < 4.78 is 4.67. The van der Waals surface area contributed by atoms with Gasteiger partial charge in [-0.2, -0.15) is 0 Å². The topological polar surface area (TPSA) is 64.3 Å². The van der Waals surface area contributed by atoms with E-state index in [2.05, 4.69) is 17.0 Å². The number of methoxy groups -OCH3 is 1. The Labute approximate surface area is 102 Å². The van der Waals surface area contributed by atoms with Crippen molar-refractivity contribution in [1.29, 1.82) is 0 Å². The summed E-state index contributed by atoms with van der Waals surface area (Å²) in [4.78, 5) is 11.4. The van der Waals surface area contributed by atoms with Gasteiger partial charge in [0.1, 0.15) is 0 Å². The number of para-hydroxylation sites is 1. The number of carbonyl (C=O) groups is 1. The largest absolute Gasteiger partial charge is 0.465 e. The average molecular weight is 236 g/mol. The molecule has 1 aromatic carbocycles. The third-order valence-electron chi connectivity index (χ3n) is 2.61. The van der Waals surface area contributed by atoms with E-state index in [-0.39, 0.29) is 0 Å². The number of hydrogen-bond acceptors (Lipinski definition) is 4. The molecule has 3 N–H and O–H groups in total. The number of carbonyl (C=O) groups excluding carboxylic acids is 1. The molecule has 1 aromatic rings. The Kier molecular flexibility index (Phi) is 5.33. The van der Waals surface area contributed by atoms with Crippen molar-refractivity contribution in [1.82, 2.24) is 0 Å². The molecule has 0 amide bonds. The van der Waals surface area contributed by atoms with Crippen molar-refractivity contribution in [3.05, 3.63) is 23.8 Å². The number of nitrogen functional groups attached to an aromatic ring is 1. The molecule has 0 aromatic heterocycles. The first kappa shape index (κ1) is 13.4. The Hall–Kier alpha value is -1.71. The minimum atomic E-state index is -0.403. The van der Waals surface area contributed by atoms with Crippen LogP contribution >= 0.6 is 0 Å². The maximum absolute atomic E-state index is 11.4. The van der Waals surface area contributed by atoms with Gasteiger partial charge in [-0.1, -0.05) is 25.8 Å². The van der Waals surface area contributed by atoms with Gasteiger partial charge in [0.2, 0.25) is 0 Å². The van der Waals surface area contributed by atoms with Gasteiger partial charge in [0.25, 0.3) is 0 Å². The quantitative estimate of drug-likeness (QED) is 0.453. The number of anilines is 2. The van der Waals surface area contributed by atoms with Crippen LogP contribution in [0.25, 0.3) is 0 Å². The lowest BCUT2D eigenvalue weighted by molar-refractivity contribution is 0.0602. The average Bonchev–Trinajstić information content (AvgIpc) is 2.35. The Morgan fingerprint density at radius 3 is 2.82 bits per heavy atom. The monoisotopic (exact) mass is 236 g/mol. The van der Waals surface area contributed by atoms with Gasteiger partial charge in [-0.05, 0) is 18.6 Å². The number of benzene rings is 1. The molecule has 0 bridgehead atoms. The number of nitrogens with one attached hydrogen (secondary N) is 1. The molecule has 0 saturated heterocycles. The lowest BCUT2D eigenvalue weighted by atomic mass is 10.1. The number of hydrogen-bond donors (Lipinski definition) is 2. The van der Waals surface area contributed by atoms with Crippen LogP contribution < -0.4 is 11.1 Å². The predicted molar refractivity (Wildman–Crippen MR) is 70.2 cm³/mol. The van der Waals surface area contributed by atoms with Gasteiger partial charge in [0, 0.05) is 6.54 Å². The summed E-state index contributed by atoms with van der Waals surface area (Å²) in [7, 11) is 1.35. The summed E-state index contributed by atoms with van der Waals surface area (Å²) in [6.07, 6.45) is 3.46. The predicted octanol–water partition coefficient (Wildman–Crippen LogP) is 2.66. The first-order chi connectivity index (χ1) is 8.20. The van der Waals surface area contributed by atoms with E-state index in [9.17, 15) is 4.79 Å². The fourth-order valence-corrected chi connectivity index (χ4v) is 1.61. The highest BCUT2D eigenvalue weighted by atomic mass is 16.5. The van der Waals surface area contributed by atoms with E-state index in [0.717, 1.165) is 18.7 Å². The first-order valence-electron chi connectivity index (χ1n) is 5.91. The number of esters is 1. The highest BCUT2D eigenvalue weighted by Crippen LogP contribution is 2.23. The smallest absolute Gasteiger partial charge is 0.340 e. The Morgan fingerprint density at radius 2 is 2.18 bits per heavy atom. The lowest BCUT2D eigenvalue weighted by Gasteiger charge is -2.11. The van der Waals surface area contributed by atoms with Crippen molar-refractivity contribution < 1.29 is 9.53 Å². The Morgan fingerprint density at radius 1 is 1.41 bits per heavy atom. The van der Waals surface area contributed by atoms with Crippen molar-refractivity contribution in [3.8, 4) is 0 Å². The number of ether oxygens (including phenoxy) is 1. The van der Waals surface area contributed by atoms with Gasteiger partial charge < -0.3 is 15.8 Å². The normalized spacial score (nSPS) is 10.0. The van der Waals surface area contributed by atoms with E-state index in [4.69, 9.17) is 5.73 Å². The molecular weight excluding hydrogens is 216 g/mol. The molecule has 0 saturated carbocycles. The highest BCUT2D eigenvalue weighted by molar-refractivity contribution is 5.98. The minimum absolute atomic E-state index is 0.403. The molecule has 0 aliphatic carbocycles. The Balaban J connectivity index is 2.70. The number of rotatable bonds is 6. The molecule has 4 heteroatoms. The SMILES string of the molecule is CCCCCNc1cccc(C(=O)OC)c1N. The fraction of sp³-hybridized carbons (Fsp3) is 0.462. The molecule has 4 nitrogen and oxygen atoms in total. The molecule has 0 aliphatic heterocycles. The van der Waals surface area contributed by atoms with E-state index in [1.807, 2.05) is 6.07 Å². The second-order valence-electron chi connectivity index (χ2n) is 3.89. The van der Waals surface area contributed by atoms with Crippen LogP contribution in [0.15, 0.2) is 18.2 Å². The van der Waals surface area contributed by atoms with Crippen LogP contribution in [0.5, 0.6) is 0 Å². The third kappa shape index (κ3) is 3.66. The van der Waals surface area contributed by atoms with Gasteiger partial charge in [0.15, 0.2) is 0 Å². The summed E-state index contributed by atoms with van der Waals surface area (Å²) in [6.45, 7) is 3.02. The lowest BCUT2D eigenvalue weighted by Crippen LogP contribution is -2.10. The molecule has 0 fully saturated rings. The van der Waals surface area contributed by atoms with Crippen molar-refractivity contribution in [2.45, 2.75) is 26.2 Å². The van der Waals surface area contributed by atoms with E-state index in [1.54, 1.807) is 12.1 Å². The number of nitrogens with two attached hydrogens (primary N) is 1. The third-order valence-corrected chi connectivity index (χ3v) is 2.61. The molecule has 0 unspecified atom stereocenters. The summed E-state index contributed by atoms with van der Waals surface area (Å²) in [5.74, 6) is -0.403. The summed E-state index contributed by atoms with van der Waals surface area (Å²) in [5, 5.41) is 3.23. The zero-order valence-electron chi connectivity index (χ0n) is 10.5. The van der Waals surface area contributed by atoms with E-state index < -0.39 is 5.97 Å². The molecule has 0 heterocycles. The number of unbranched alkanes of at least 4 members (excludes halogenated alkanes) is 2. The van der Waals surface area contributed by atoms with Crippen molar-refractivity contribution in [2.75, 3.05) is 24.7 Å². The van der Waals surface area contributed by atoms with Crippen LogP contribution in [0.3, 0.4) is 0 Å². The van der Waals surface area contributed by atoms with Gasteiger partial charge in [-0.15, -0.1) is 0 Å². The van der Waals surface area contributed by atoms with Crippen LogP contribution in [0.1, 0.15) is 36.5 Å². The molecular formula is C13H20N2O2. The molecule has 1 rings (SSSR count). The molecule has 0 radical (unpaired) electrons. The van der Waals surface area contributed by atoms with Crippen LogP contribution in [0.4, 0.5) is 11.4 Å². The van der Waals surface area contributed by atoms with Crippen molar-refractivity contribution in [2.24, 2.45) is 0 Å². The molecule has 0 atom stereocenters. The fourth-order valence-electron chi connectivity index (χ4n) is 1.61. The van der Waals surface area contributed by atoms with Crippen molar-refractivity contribution >= 4 is 17.3 Å². The van der Waals surface area contributed by atoms with E-state index in [1.165, 1.54) is 20.0 Å². The second-order valence-corrected chi connectivity index (χ2v) is 3.89. The Bertz CT molecular complexity index is 378. The van der Waals surface area contributed by atoms with E-state index in [0.29, 0.717) is 11.3 Å². The summed E-state index contributed by atoms with van der Waals surface area (Å²) in [6, 6.07) is 5.33. The zero-order chi connectivity index (χ0) is 12.7. The maximum atomic E-state index is 11.4. The van der Waals surface area contributed by atoms with Gasteiger partial charge in [-0.3, -0.25) is 0 Å². The summed E-state index contributed by atoms with van der Waals surface area (Å²) >= 11 is 0. The van der Waals surface area contributed by atoms with Gasteiger partial charge >= 0.3 is 5.97 Å². The van der Waals surface area contributed by atoms with Crippen LogP contribution in [-0.2, 0) is 4.74 Å². The zero-order valence-corrected chi connectivity index (χ0v) is 10.5. The maximum Gasteiger partial charge on any atom is 0.340 e. The molecule has 0 aliphatic rings. The first-order valence-corrected chi connectivity index (χ1v) is 5.91. The second kappa shape index (κ2) is 6.78. The van der Waals surface area contributed by atoms with E-state index >= 15 is 0 Å². The molecule has 17 heavy (non-hydrogen) atoms. The molecule has 0 spiro atoms.